The van der Waals surface area contributed by atoms with Gasteiger partial charge in [-0.15, -0.1) is 0 Å². The third kappa shape index (κ3) is 4.83. The molecule has 0 radical (unpaired) electrons. The first-order valence-electron chi connectivity index (χ1n) is 12.5. The molecule has 36 heavy (non-hydrogen) atoms. The number of carbonyl (C=O) groups is 2. The van der Waals surface area contributed by atoms with Crippen LogP contribution in [0.1, 0.15) is 50.8 Å². The van der Waals surface area contributed by atoms with Crippen LogP contribution in [0.2, 0.25) is 0 Å². The molecule has 0 aliphatic carbocycles. The van der Waals surface area contributed by atoms with Crippen LogP contribution >= 0.6 is 0 Å². The van der Waals surface area contributed by atoms with E-state index in [1.54, 1.807) is 0 Å². The zero-order valence-corrected chi connectivity index (χ0v) is 21.5. The molecule has 2 fully saturated rings. The second kappa shape index (κ2) is 10.5. The average Bonchev–Trinajstić information content (AvgIpc) is 3.52. The number of cyclic esters (lactones) is 1. The van der Waals surface area contributed by atoms with Crippen LogP contribution in [-0.2, 0) is 30.2 Å². The highest BCUT2D eigenvalue weighted by atomic mass is 16.7. The third-order valence-electron chi connectivity index (χ3n) is 7.26. The van der Waals surface area contributed by atoms with Crippen LogP contribution < -0.4 is 5.73 Å². The van der Waals surface area contributed by atoms with Gasteiger partial charge in [-0.05, 0) is 24.8 Å². The van der Waals surface area contributed by atoms with Gasteiger partial charge in [0.05, 0.1) is 25.3 Å². The molecule has 2 aromatic rings. The van der Waals surface area contributed by atoms with Gasteiger partial charge in [0.1, 0.15) is 6.61 Å². The fraction of sp³-hybridized carbons (Fsp3) is 0.448. The van der Waals surface area contributed by atoms with Crippen molar-refractivity contribution in [2.75, 3.05) is 19.8 Å². The molecule has 0 bridgehead atoms. The molecule has 7 heteroatoms. The molecule has 2 saturated heterocycles. The summed E-state index contributed by atoms with van der Waals surface area (Å²) in [5.41, 5.74) is 8.46. The standard InChI is InChI=1S/C29H36N2O5/c1-5-9-20(2)18-24-19-34-27(33)31(24)26(32)25(30)28(3,4)21-12-14-23(15-13-21)29(35-16-17-36-29)22-10-7-6-8-11-22/h5-15,20,24-25H,16-19,30H2,1-4H3/b9-5-/t20?,24-,25+/m0/s1. The summed E-state index contributed by atoms with van der Waals surface area (Å²) < 4.78 is 17.4. The number of nitrogens with zero attached hydrogens (tertiary/aromatic N) is 1. The van der Waals surface area contributed by atoms with Gasteiger partial charge in [0.2, 0.25) is 11.7 Å². The van der Waals surface area contributed by atoms with Crippen molar-refractivity contribution in [1.82, 2.24) is 4.90 Å². The first-order valence-corrected chi connectivity index (χ1v) is 12.5. The zero-order chi connectivity index (χ0) is 25.9. The van der Waals surface area contributed by atoms with Gasteiger partial charge in [-0.3, -0.25) is 4.79 Å². The summed E-state index contributed by atoms with van der Waals surface area (Å²) in [7, 11) is 0. The van der Waals surface area contributed by atoms with Gasteiger partial charge in [-0.25, -0.2) is 9.69 Å². The summed E-state index contributed by atoms with van der Waals surface area (Å²) in [5, 5.41) is 0. The Morgan fingerprint density at radius 3 is 2.33 bits per heavy atom. The van der Waals surface area contributed by atoms with E-state index < -0.39 is 29.2 Å². The van der Waals surface area contributed by atoms with E-state index in [-0.39, 0.29) is 18.6 Å². The minimum absolute atomic E-state index is 0.190. The molecule has 192 valence electrons. The lowest BCUT2D eigenvalue weighted by molar-refractivity contribution is -0.132. The lowest BCUT2D eigenvalue weighted by Gasteiger charge is -2.35. The number of ether oxygens (including phenoxy) is 3. The maximum Gasteiger partial charge on any atom is 0.417 e. The van der Waals surface area contributed by atoms with Gasteiger partial charge in [-0.2, -0.15) is 0 Å². The van der Waals surface area contributed by atoms with Crippen molar-refractivity contribution in [3.8, 4) is 0 Å². The Labute approximate surface area is 213 Å². The quantitative estimate of drug-likeness (QED) is 0.546. The van der Waals surface area contributed by atoms with E-state index in [9.17, 15) is 9.59 Å². The molecule has 2 heterocycles. The Morgan fingerprint density at radius 1 is 1.11 bits per heavy atom. The SMILES string of the molecule is C/C=C\C(C)C[C@H]1COC(=O)N1C(=O)[C@@H](N)C(C)(C)c1ccc(C2(c3ccccc3)OCCO2)cc1. The number of allylic oxidation sites excluding steroid dienone is 2. The van der Waals surface area contributed by atoms with E-state index in [0.29, 0.717) is 19.6 Å². The molecule has 2 N–H and O–H groups in total. The van der Waals surface area contributed by atoms with E-state index in [4.69, 9.17) is 19.9 Å². The van der Waals surface area contributed by atoms with E-state index in [2.05, 4.69) is 13.0 Å². The number of imide groups is 1. The second-order valence-corrected chi connectivity index (χ2v) is 10.1. The van der Waals surface area contributed by atoms with E-state index in [1.807, 2.05) is 81.4 Å². The lowest BCUT2D eigenvalue weighted by Crippen LogP contribution is -2.55. The predicted octanol–water partition coefficient (Wildman–Crippen LogP) is 4.49. The molecule has 1 unspecified atom stereocenters. The highest BCUT2D eigenvalue weighted by Crippen LogP contribution is 2.39. The number of hydrogen-bond acceptors (Lipinski definition) is 6. The summed E-state index contributed by atoms with van der Waals surface area (Å²) in [6.07, 6.45) is 4.03. The molecule has 2 aliphatic rings. The minimum atomic E-state index is -0.960. The minimum Gasteiger partial charge on any atom is -0.447 e. The first-order chi connectivity index (χ1) is 17.2. The fourth-order valence-electron chi connectivity index (χ4n) is 5.07. The van der Waals surface area contributed by atoms with Crippen LogP contribution in [-0.4, -0.2) is 48.8 Å². The molecule has 2 aliphatic heterocycles. The van der Waals surface area contributed by atoms with Gasteiger partial charge >= 0.3 is 6.09 Å². The largest absolute Gasteiger partial charge is 0.447 e. The van der Waals surface area contributed by atoms with Crippen LogP contribution in [0.5, 0.6) is 0 Å². The smallest absolute Gasteiger partial charge is 0.417 e. The van der Waals surface area contributed by atoms with E-state index in [1.165, 1.54) is 4.90 Å². The number of nitrogens with two attached hydrogens (primary N) is 1. The molecule has 4 rings (SSSR count). The number of benzene rings is 2. The van der Waals surface area contributed by atoms with Crippen molar-refractivity contribution >= 4 is 12.0 Å². The summed E-state index contributed by atoms with van der Waals surface area (Å²) in [4.78, 5) is 27.2. The molecule has 0 spiro atoms. The monoisotopic (exact) mass is 492 g/mol. The first kappa shape index (κ1) is 26.1. The van der Waals surface area contributed by atoms with Crippen molar-refractivity contribution in [3.63, 3.8) is 0 Å². The lowest BCUT2D eigenvalue weighted by atomic mass is 9.76. The number of amides is 2. The van der Waals surface area contributed by atoms with Gasteiger partial charge in [0, 0.05) is 16.5 Å². The van der Waals surface area contributed by atoms with Crippen LogP contribution in [0, 0.1) is 5.92 Å². The molecular weight excluding hydrogens is 456 g/mol. The zero-order valence-electron chi connectivity index (χ0n) is 21.5. The second-order valence-electron chi connectivity index (χ2n) is 10.1. The maximum atomic E-state index is 13.5. The summed E-state index contributed by atoms with van der Waals surface area (Å²) in [6, 6.07) is 16.4. The Morgan fingerprint density at radius 2 is 1.72 bits per heavy atom. The van der Waals surface area contributed by atoms with Crippen LogP contribution in [0.25, 0.3) is 0 Å². The summed E-state index contributed by atoms with van der Waals surface area (Å²) in [6.45, 7) is 9.03. The number of carbonyl (C=O) groups excluding carboxylic acids is 2. The normalized spacial score (nSPS) is 21.5. The molecule has 0 saturated carbocycles. The van der Waals surface area contributed by atoms with Crippen molar-refractivity contribution in [3.05, 3.63) is 83.4 Å². The molecule has 0 aromatic heterocycles. The third-order valence-corrected chi connectivity index (χ3v) is 7.26. The summed E-state index contributed by atoms with van der Waals surface area (Å²) in [5.74, 6) is -1.18. The number of rotatable bonds is 8. The highest BCUT2D eigenvalue weighted by molar-refractivity contribution is 5.97. The number of hydrogen-bond donors (Lipinski definition) is 1. The van der Waals surface area contributed by atoms with E-state index >= 15 is 0 Å². The van der Waals surface area contributed by atoms with Crippen molar-refractivity contribution in [2.24, 2.45) is 11.7 Å². The Kier molecular flexibility index (Phi) is 7.64. The Hall–Kier alpha value is -3.00. The van der Waals surface area contributed by atoms with Gasteiger partial charge in [0.15, 0.2) is 0 Å². The van der Waals surface area contributed by atoms with Crippen molar-refractivity contribution < 1.29 is 23.8 Å². The Bertz CT molecular complexity index is 1090. The topological polar surface area (TPSA) is 91.1 Å². The van der Waals surface area contributed by atoms with Gasteiger partial charge in [-0.1, -0.05) is 87.5 Å². The van der Waals surface area contributed by atoms with Crippen LogP contribution in [0.4, 0.5) is 4.79 Å². The Balaban J connectivity index is 1.56. The van der Waals surface area contributed by atoms with Gasteiger partial charge in [0.25, 0.3) is 0 Å². The van der Waals surface area contributed by atoms with Crippen molar-refractivity contribution in [1.29, 1.82) is 0 Å². The fourth-order valence-corrected chi connectivity index (χ4v) is 5.07. The molecule has 2 aromatic carbocycles. The van der Waals surface area contributed by atoms with Crippen molar-refractivity contribution in [2.45, 2.75) is 57.4 Å². The van der Waals surface area contributed by atoms with Gasteiger partial charge < -0.3 is 19.9 Å². The summed E-state index contributed by atoms with van der Waals surface area (Å²) >= 11 is 0. The average molecular weight is 493 g/mol. The highest BCUT2D eigenvalue weighted by Gasteiger charge is 2.45. The van der Waals surface area contributed by atoms with Crippen LogP contribution in [0.15, 0.2) is 66.7 Å². The molecular formula is C29H36N2O5. The maximum absolute atomic E-state index is 13.5. The van der Waals surface area contributed by atoms with E-state index in [0.717, 1.165) is 16.7 Å². The predicted molar refractivity (Wildman–Crippen MR) is 137 cm³/mol. The van der Waals surface area contributed by atoms with Crippen LogP contribution in [0.3, 0.4) is 0 Å². The molecule has 2 amide bonds. The molecule has 3 atom stereocenters. The molecule has 7 nitrogen and oxygen atoms in total.